The van der Waals surface area contributed by atoms with Gasteiger partial charge < -0.3 is 10.1 Å². The van der Waals surface area contributed by atoms with Gasteiger partial charge in [-0.05, 0) is 56.0 Å². The van der Waals surface area contributed by atoms with Crippen molar-refractivity contribution in [2.24, 2.45) is 5.92 Å². The van der Waals surface area contributed by atoms with E-state index in [9.17, 15) is 23.3 Å². The Kier molecular flexibility index (Phi) is 6.61. The number of carbonyl (C=O) groups is 1. The van der Waals surface area contributed by atoms with Crippen molar-refractivity contribution in [1.82, 2.24) is 4.31 Å². The summed E-state index contributed by atoms with van der Waals surface area (Å²) in [5, 5.41) is 13.7. The number of carbonyl (C=O) groups excluding carboxylic acids is 1. The van der Waals surface area contributed by atoms with Gasteiger partial charge >= 0.3 is 0 Å². The molecule has 2 aromatic carbocycles. The van der Waals surface area contributed by atoms with Gasteiger partial charge in [0, 0.05) is 25.2 Å². The number of ether oxygens (including phenoxy) is 1. The highest BCUT2D eigenvalue weighted by atomic mass is 32.2. The molecular formula is C21H25N3O6S. The molecule has 1 fully saturated rings. The lowest BCUT2D eigenvalue weighted by molar-refractivity contribution is -0.384. The number of benzene rings is 2. The first-order valence-electron chi connectivity index (χ1n) is 9.84. The van der Waals surface area contributed by atoms with Crippen molar-refractivity contribution in [1.29, 1.82) is 0 Å². The highest BCUT2D eigenvalue weighted by Gasteiger charge is 2.33. The zero-order valence-corrected chi connectivity index (χ0v) is 18.4. The van der Waals surface area contributed by atoms with Crippen LogP contribution in [0, 0.1) is 29.9 Å². The Balaban J connectivity index is 1.77. The first-order valence-corrected chi connectivity index (χ1v) is 11.3. The Morgan fingerprint density at radius 3 is 2.58 bits per heavy atom. The second-order valence-electron chi connectivity index (χ2n) is 7.58. The van der Waals surface area contributed by atoms with E-state index in [4.69, 9.17) is 4.74 Å². The van der Waals surface area contributed by atoms with E-state index < -0.39 is 20.9 Å². The average molecular weight is 448 g/mol. The van der Waals surface area contributed by atoms with E-state index in [1.807, 2.05) is 0 Å². The average Bonchev–Trinajstić information content (AvgIpc) is 2.75. The fourth-order valence-electron chi connectivity index (χ4n) is 3.63. The predicted octanol–water partition coefficient (Wildman–Crippen LogP) is 3.26. The highest BCUT2D eigenvalue weighted by Crippen LogP contribution is 2.28. The summed E-state index contributed by atoms with van der Waals surface area (Å²) in [6.45, 7) is 3.88. The minimum atomic E-state index is -3.77. The molecule has 0 radical (unpaired) electrons. The van der Waals surface area contributed by atoms with Gasteiger partial charge in [0.05, 0.1) is 28.5 Å². The van der Waals surface area contributed by atoms with Crippen LogP contribution in [0.2, 0.25) is 0 Å². The van der Waals surface area contributed by atoms with Gasteiger partial charge in [0.2, 0.25) is 15.9 Å². The monoisotopic (exact) mass is 447 g/mol. The second kappa shape index (κ2) is 9.03. The summed E-state index contributed by atoms with van der Waals surface area (Å²) in [6.07, 6.45) is 1.08. The number of hydrogen-bond acceptors (Lipinski definition) is 6. The maximum absolute atomic E-state index is 13.1. The quantitative estimate of drug-likeness (QED) is 0.536. The van der Waals surface area contributed by atoms with Crippen molar-refractivity contribution in [3.05, 3.63) is 57.6 Å². The minimum absolute atomic E-state index is 0.0488. The van der Waals surface area contributed by atoms with Crippen molar-refractivity contribution in [2.45, 2.75) is 31.6 Å². The molecule has 31 heavy (non-hydrogen) atoms. The molecule has 1 aliphatic rings. The molecule has 1 aliphatic heterocycles. The van der Waals surface area contributed by atoms with Crippen LogP contribution in [0.3, 0.4) is 0 Å². The van der Waals surface area contributed by atoms with Gasteiger partial charge in [0.1, 0.15) is 5.75 Å². The number of amides is 1. The molecule has 1 saturated heterocycles. The maximum Gasteiger partial charge on any atom is 0.271 e. The Hall–Kier alpha value is -2.98. The molecule has 10 heteroatoms. The SMILES string of the molecule is COc1ccc(S(=O)(=O)N2CCCC(C(=O)Nc3cc([N+](=O)[O-])ccc3C)C2)cc1C. The van der Waals surface area contributed by atoms with E-state index in [0.29, 0.717) is 42.0 Å². The van der Waals surface area contributed by atoms with E-state index in [1.54, 1.807) is 32.0 Å². The lowest BCUT2D eigenvalue weighted by Crippen LogP contribution is -2.43. The number of aryl methyl sites for hydroxylation is 2. The van der Waals surface area contributed by atoms with Gasteiger partial charge in [-0.3, -0.25) is 14.9 Å². The number of sulfonamides is 1. The van der Waals surface area contributed by atoms with E-state index in [1.165, 1.54) is 29.6 Å². The molecule has 9 nitrogen and oxygen atoms in total. The molecule has 1 N–H and O–H groups in total. The van der Waals surface area contributed by atoms with Gasteiger partial charge in [-0.1, -0.05) is 6.07 Å². The Labute approximate surface area is 181 Å². The number of nitrogens with zero attached hydrogens (tertiary/aromatic N) is 2. The third-order valence-corrected chi connectivity index (χ3v) is 7.31. The lowest BCUT2D eigenvalue weighted by Gasteiger charge is -2.31. The molecule has 166 valence electrons. The third kappa shape index (κ3) is 4.86. The number of hydrogen-bond donors (Lipinski definition) is 1. The zero-order valence-electron chi connectivity index (χ0n) is 17.6. The number of piperidine rings is 1. The van der Waals surface area contributed by atoms with E-state index in [2.05, 4.69) is 5.32 Å². The molecule has 0 bridgehead atoms. The fourth-order valence-corrected chi connectivity index (χ4v) is 5.24. The van der Waals surface area contributed by atoms with Crippen molar-refractivity contribution >= 4 is 27.3 Å². The minimum Gasteiger partial charge on any atom is -0.496 e. The predicted molar refractivity (Wildman–Crippen MR) is 116 cm³/mol. The largest absolute Gasteiger partial charge is 0.496 e. The number of nitro groups is 1. The molecule has 3 rings (SSSR count). The Bertz CT molecular complexity index is 1120. The number of methoxy groups -OCH3 is 1. The number of rotatable bonds is 6. The van der Waals surface area contributed by atoms with Crippen LogP contribution < -0.4 is 10.1 Å². The molecule has 1 amide bonds. The van der Waals surface area contributed by atoms with Crippen LogP contribution in [0.1, 0.15) is 24.0 Å². The molecule has 1 unspecified atom stereocenters. The summed E-state index contributed by atoms with van der Waals surface area (Å²) in [4.78, 5) is 23.5. The van der Waals surface area contributed by atoms with Gasteiger partial charge in [-0.25, -0.2) is 8.42 Å². The van der Waals surface area contributed by atoms with Crippen molar-refractivity contribution in [3.8, 4) is 5.75 Å². The summed E-state index contributed by atoms with van der Waals surface area (Å²) >= 11 is 0. The number of nitrogens with one attached hydrogen (secondary N) is 1. The van der Waals surface area contributed by atoms with E-state index in [0.717, 1.165) is 0 Å². The fraction of sp³-hybridized carbons (Fsp3) is 0.381. The van der Waals surface area contributed by atoms with Crippen molar-refractivity contribution in [3.63, 3.8) is 0 Å². The first kappa shape index (κ1) is 22.7. The van der Waals surface area contributed by atoms with Crippen LogP contribution in [0.15, 0.2) is 41.3 Å². The lowest BCUT2D eigenvalue weighted by atomic mass is 9.98. The highest BCUT2D eigenvalue weighted by molar-refractivity contribution is 7.89. The topological polar surface area (TPSA) is 119 Å². The normalized spacial score (nSPS) is 17.2. The molecule has 0 aliphatic carbocycles. The molecule has 1 atom stereocenters. The third-order valence-electron chi connectivity index (χ3n) is 5.45. The van der Waals surface area contributed by atoms with Crippen LogP contribution in [0.4, 0.5) is 11.4 Å². The molecular weight excluding hydrogens is 422 g/mol. The van der Waals surface area contributed by atoms with Gasteiger partial charge in [-0.2, -0.15) is 4.31 Å². The molecule has 0 aromatic heterocycles. The van der Waals surface area contributed by atoms with Crippen molar-refractivity contribution in [2.75, 3.05) is 25.5 Å². The standard InChI is InChI=1S/C21H25N3O6S/c1-14-6-7-17(24(26)27)12-19(14)22-21(25)16-5-4-10-23(13-16)31(28,29)18-8-9-20(30-3)15(2)11-18/h6-9,11-12,16H,4-5,10,13H2,1-3H3,(H,22,25). The van der Waals surface area contributed by atoms with E-state index >= 15 is 0 Å². The van der Waals surface area contributed by atoms with Crippen LogP contribution in [-0.4, -0.2) is 43.8 Å². The summed E-state index contributed by atoms with van der Waals surface area (Å²) in [5.41, 5.74) is 1.62. The Morgan fingerprint density at radius 1 is 1.19 bits per heavy atom. The van der Waals surface area contributed by atoms with Crippen LogP contribution in [0.5, 0.6) is 5.75 Å². The van der Waals surface area contributed by atoms with E-state index in [-0.39, 0.29) is 23.0 Å². The van der Waals surface area contributed by atoms with Crippen LogP contribution >= 0.6 is 0 Å². The van der Waals surface area contributed by atoms with Crippen LogP contribution in [0.25, 0.3) is 0 Å². The summed E-state index contributed by atoms with van der Waals surface area (Å²) in [7, 11) is -2.25. The molecule has 0 spiro atoms. The van der Waals surface area contributed by atoms with Gasteiger partial charge in [0.15, 0.2) is 0 Å². The smallest absolute Gasteiger partial charge is 0.271 e. The number of non-ortho nitro benzene ring substituents is 1. The summed E-state index contributed by atoms with van der Waals surface area (Å²) in [6, 6.07) is 8.92. The molecule has 2 aromatic rings. The molecule has 1 heterocycles. The number of anilines is 1. The first-order chi connectivity index (χ1) is 14.6. The zero-order chi connectivity index (χ0) is 22.8. The van der Waals surface area contributed by atoms with Gasteiger partial charge in [0.25, 0.3) is 5.69 Å². The van der Waals surface area contributed by atoms with Crippen LogP contribution in [-0.2, 0) is 14.8 Å². The molecule has 0 saturated carbocycles. The summed E-state index contributed by atoms with van der Waals surface area (Å²) < 4.78 is 32.7. The van der Waals surface area contributed by atoms with Crippen molar-refractivity contribution < 1.29 is 22.9 Å². The summed E-state index contributed by atoms with van der Waals surface area (Å²) in [5.74, 6) is -0.307. The maximum atomic E-state index is 13.1. The van der Waals surface area contributed by atoms with Gasteiger partial charge in [-0.15, -0.1) is 0 Å². The Morgan fingerprint density at radius 2 is 1.94 bits per heavy atom. The number of nitro benzene ring substituents is 1. The second-order valence-corrected chi connectivity index (χ2v) is 9.52.